The Bertz CT molecular complexity index is 607. The molecule has 2 unspecified atom stereocenters. The second kappa shape index (κ2) is 6.58. The van der Waals surface area contributed by atoms with E-state index in [0.717, 1.165) is 6.42 Å². The van der Waals surface area contributed by atoms with Crippen molar-refractivity contribution in [1.82, 2.24) is 0 Å². The number of hydrogen-bond donors (Lipinski definition) is 0. The minimum absolute atomic E-state index is 0.0580. The maximum absolute atomic E-state index is 6.37. The van der Waals surface area contributed by atoms with Crippen molar-refractivity contribution in [3.8, 4) is 0 Å². The molecule has 3 heteroatoms. The smallest absolute Gasteiger partial charge is 0.115 e. The molecule has 0 saturated carbocycles. The SMILES string of the molecule is IC1=C(I)C(c2ccccc2)OC(c2ccccc2)C1. The third-order valence-electron chi connectivity index (χ3n) is 3.43. The normalized spacial score (nSPS) is 22.9. The Labute approximate surface area is 146 Å². The maximum Gasteiger partial charge on any atom is 0.115 e. The van der Waals surface area contributed by atoms with Crippen LogP contribution in [0.1, 0.15) is 29.8 Å². The van der Waals surface area contributed by atoms with E-state index in [4.69, 9.17) is 4.74 Å². The van der Waals surface area contributed by atoms with Gasteiger partial charge < -0.3 is 4.74 Å². The van der Waals surface area contributed by atoms with Crippen molar-refractivity contribution in [3.63, 3.8) is 0 Å². The van der Waals surface area contributed by atoms with E-state index in [-0.39, 0.29) is 12.2 Å². The molecule has 1 heterocycles. The molecule has 1 nitrogen and oxygen atoms in total. The largest absolute Gasteiger partial charge is 0.360 e. The van der Waals surface area contributed by atoms with Crippen LogP contribution in [0.15, 0.2) is 67.8 Å². The van der Waals surface area contributed by atoms with Gasteiger partial charge in [-0.15, -0.1) is 0 Å². The van der Waals surface area contributed by atoms with Crippen LogP contribution in [0.2, 0.25) is 0 Å². The molecule has 20 heavy (non-hydrogen) atoms. The summed E-state index contributed by atoms with van der Waals surface area (Å²) in [5.74, 6) is 0. The molecule has 0 fully saturated rings. The van der Waals surface area contributed by atoms with Gasteiger partial charge >= 0.3 is 0 Å². The number of rotatable bonds is 2. The summed E-state index contributed by atoms with van der Waals surface area (Å²) in [5, 5.41) is 0. The number of hydrogen-bond acceptors (Lipinski definition) is 1. The van der Waals surface area contributed by atoms with E-state index in [1.54, 1.807) is 0 Å². The summed E-state index contributed by atoms with van der Waals surface area (Å²) >= 11 is 4.88. The molecule has 0 radical (unpaired) electrons. The highest BCUT2D eigenvalue weighted by atomic mass is 127. The molecule has 0 amide bonds. The van der Waals surface area contributed by atoms with Gasteiger partial charge in [-0.3, -0.25) is 0 Å². The lowest BCUT2D eigenvalue weighted by molar-refractivity contribution is 0.00195. The lowest BCUT2D eigenvalue weighted by Gasteiger charge is -2.31. The summed E-state index contributed by atoms with van der Waals surface area (Å²) in [7, 11) is 0. The van der Waals surface area contributed by atoms with Gasteiger partial charge in [0.2, 0.25) is 0 Å². The first-order chi connectivity index (χ1) is 9.75. The molecule has 0 aromatic heterocycles. The molecule has 1 aliphatic heterocycles. The first-order valence-electron chi connectivity index (χ1n) is 6.55. The molecule has 0 aliphatic carbocycles. The zero-order valence-electron chi connectivity index (χ0n) is 10.8. The number of ether oxygens (including phenoxy) is 1. The fourth-order valence-electron chi connectivity index (χ4n) is 2.39. The average molecular weight is 488 g/mol. The predicted octanol–water partition coefficient (Wildman–Crippen LogP) is 5.97. The molecule has 3 rings (SSSR count). The molecular formula is C17H14I2O. The highest BCUT2D eigenvalue weighted by molar-refractivity contribution is 14.1. The molecule has 2 atom stereocenters. The van der Waals surface area contributed by atoms with Gasteiger partial charge in [-0.25, -0.2) is 0 Å². The van der Waals surface area contributed by atoms with Crippen molar-refractivity contribution >= 4 is 45.2 Å². The van der Waals surface area contributed by atoms with Crippen molar-refractivity contribution in [3.05, 3.63) is 79.0 Å². The first-order valence-corrected chi connectivity index (χ1v) is 8.71. The quantitative estimate of drug-likeness (QED) is 0.474. The number of benzene rings is 2. The van der Waals surface area contributed by atoms with E-state index in [1.807, 2.05) is 12.1 Å². The van der Waals surface area contributed by atoms with Crippen LogP contribution < -0.4 is 0 Å². The van der Waals surface area contributed by atoms with Gasteiger partial charge in [-0.05, 0) is 56.3 Å². The molecule has 102 valence electrons. The zero-order chi connectivity index (χ0) is 13.9. The summed E-state index contributed by atoms with van der Waals surface area (Å²) in [5.41, 5.74) is 2.48. The second-order valence-electron chi connectivity index (χ2n) is 4.78. The number of halogens is 2. The van der Waals surface area contributed by atoms with Crippen molar-refractivity contribution in [2.24, 2.45) is 0 Å². The van der Waals surface area contributed by atoms with E-state index >= 15 is 0 Å². The Morgan fingerprint density at radius 1 is 0.800 bits per heavy atom. The van der Waals surface area contributed by atoms with Gasteiger partial charge in [0.05, 0.1) is 6.10 Å². The van der Waals surface area contributed by atoms with Crippen LogP contribution in [-0.2, 0) is 4.74 Å². The highest BCUT2D eigenvalue weighted by Gasteiger charge is 2.29. The molecule has 0 bridgehead atoms. The summed E-state index contributed by atoms with van der Waals surface area (Å²) in [4.78, 5) is 0. The third kappa shape index (κ3) is 3.09. The van der Waals surface area contributed by atoms with Crippen LogP contribution in [0.5, 0.6) is 0 Å². The lowest BCUT2D eigenvalue weighted by atomic mass is 10.0. The molecule has 0 N–H and O–H groups in total. The minimum Gasteiger partial charge on any atom is -0.360 e. The van der Waals surface area contributed by atoms with E-state index in [9.17, 15) is 0 Å². The summed E-state index contributed by atoms with van der Waals surface area (Å²) < 4.78 is 9.08. The molecule has 1 aliphatic rings. The predicted molar refractivity (Wildman–Crippen MR) is 99.1 cm³/mol. The lowest BCUT2D eigenvalue weighted by Crippen LogP contribution is -2.16. The Morgan fingerprint density at radius 3 is 1.95 bits per heavy atom. The van der Waals surface area contributed by atoms with Crippen molar-refractivity contribution < 1.29 is 4.74 Å². The average Bonchev–Trinajstić information content (AvgIpc) is 2.51. The fourth-order valence-corrected chi connectivity index (χ4v) is 3.80. The van der Waals surface area contributed by atoms with Crippen LogP contribution in [-0.4, -0.2) is 0 Å². The van der Waals surface area contributed by atoms with E-state index in [1.165, 1.54) is 18.3 Å². The molecular weight excluding hydrogens is 474 g/mol. The van der Waals surface area contributed by atoms with E-state index in [2.05, 4.69) is 93.7 Å². The second-order valence-corrected chi connectivity index (χ2v) is 7.25. The van der Waals surface area contributed by atoms with E-state index < -0.39 is 0 Å². The van der Waals surface area contributed by atoms with Crippen LogP contribution in [0, 0.1) is 0 Å². The summed E-state index contributed by atoms with van der Waals surface area (Å²) in [6.45, 7) is 0. The van der Waals surface area contributed by atoms with Crippen molar-refractivity contribution in [1.29, 1.82) is 0 Å². The van der Waals surface area contributed by atoms with Crippen LogP contribution >= 0.6 is 45.2 Å². The van der Waals surface area contributed by atoms with E-state index in [0.29, 0.717) is 0 Å². The van der Waals surface area contributed by atoms with Gasteiger partial charge in [0.25, 0.3) is 0 Å². The third-order valence-corrected chi connectivity index (χ3v) is 6.70. The summed E-state index contributed by atoms with van der Waals surface area (Å²) in [6, 6.07) is 21.0. The zero-order valence-corrected chi connectivity index (χ0v) is 15.1. The Balaban J connectivity index is 1.94. The first kappa shape index (κ1) is 14.5. The van der Waals surface area contributed by atoms with Gasteiger partial charge in [0, 0.05) is 13.6 Å². The maximum atomic E-state index is 6.37. The van der Waals surface area contributed by atoms with Gasteiger partial charge in [0.1, 0.15) is 6.10 Å². The van der Waals surface area contributed by atoms with Crippen LogP contribution in [0.4, 0.5) is 0 Å². The standard InChI is InChI=1S/C17H14I2O/c18-14-11-15(12-7-3-1-4-8-12)20-17(16(14)19)13-9-5-2-6-10-13/h1-10,15,17H,11H2. The topological polar surface area (TPSA) is 9.23 Å². The Morgan fingerprint density at radius 2 is 1.35 bits per heavy atom. The van der Waals surface area contributed by atoms with Crippen molar-refractivity contribution in [2.45, 2.75) is 18.6 Å². The van der Waals surface area contributed by atoms with Gasteiger partial charge in [-0.2, -0.15) is 0 Å². The van der Waals surface area contributed by atoms with Crippen molar-refractivity contribution in [2.75, 3.05) is 0 Å². The Kier molecular flexibility index (Phi) is 4.78. The minimum atomic E-state index is 0.0580. The Hall–Kier alpha value is -0.400. The fraction of sp³-hybridized carbons (Fsp3) is 0.176. The van der Waals surface area contributed by atoms with Gasteiger partial charge in [-0.1, -0.05) is 60.7 Å². The highest BCUT2D eigenvalue weighted by Crippen LogP contribution is 2.46. The monoisotopic (exact) mass is 488 g/mol. The molecule has 2 aromatic carbocycles. The van der Waals surface area contributed by atoms with Gasteiger partial charge in [0.15, 0.2) is 0 Å². The van der Waals surface area contributed by atoms with Crippen LogP contribution in [0.25, 0.3) is 0 Å². The summed E-state index contributed by atoms with van der Waals surface area (Å²) in [6.07, 6.45) is 1.17. The van der Waals surface area contributed by atoms with Crippen LogP contribution in [0.3, 0.4) is 0 Å². The molecule has 2 aromatic rings. The molecule has 0 saturated heterocycles. The molecule has 0 spiro atoms.